The number of nitrogens with two attached hydrogens (primary N) is 1. The maximum atomic E-state index is 6.53. The van der Waals surface area contributed by atoms with Crippen molar-refractivity contribution >= 4 is 5.71 Å². The van der Waals surface area contributed by atoms with Gasteiger partial charge in [-0.1, -0.05) is 32.9 Å². The summed E-state index contributed by atoms with van der Waals surface area (Å²) in [7, 11) is 1.68. The molecule has 7 atom stereocenters. The first kappa shape index (κ1) is 19.2. The number of oxime groups is 1. The Hall–Kier alpha value is -0.570. The van der Waals surface area contributed by atoms with Crippen molar-refractivity contribution in [1.29, 1.82) is 0 Å². The molecule has 0 bridgehead atoms. The minimum absolute atomic E-state index is 0.432. The van der Waals surface area contributed by atoms with E-state index in [1.54, 1.807) is 7.11 Å². The van der Waals surface area contributed by atoms with Crippen molar-refractivity contribution in [2.75, 3.05) is 7.11 Å². The van der Waals surface area contributed by atoms with E-state index in [0.717, 1.165) is 30.1 Å². The molecule has 4 rings (SSSR count). The van der Waals surface area contributed by atoms with Gasteiger partial charge in [0.2, 0.25) is 0 Å². The van der Waals surface area contributed by atoms with E-state index in [9.17, 15) is 0 Å². The first-order valence-electron chi connectivity index (χ1n) is 10.8. The Balaban J connectivity index is 0.000000880. The molecule has 0 amide bonds. The van der Waals surface area contributed by atoms with Crippen molar-refractivity contribution in [2.45, 2.75) is 91.5 Å². The Morgan fingerprint density at radius 1 is 0.960 bits per heavy atom. The van der Waals surface area contributed by atoms with Gasteiger partial charge in [0.1, 0.15) is 7.11 Å². The molecule has 4 fully saturated rings. The van der Waals surface area contributed by atoms with Gasteiger partial charge in [0.15, 0.2) is 0 Å². The lowest BCUT2D eigenvalue weighted by Crippen LogP contribution is -2.54. The van der Waals surface area contributed by atoms with Crippen molar-refractivity contribution < 1.29 is 4.84 Å². The molecule has 2 N–H and O–H groups in total. The van der Waals surface area contributed by atoms with E-state index in [1.807, 2.05) is 13.8 Å². The van der Waals surface area contributed by atoms with Crippen LogP contribution in [0.2, 0.25) is 0 Å². The number of nitrogens with zero attached hydrogens (tertiary/aromatic N) is 1. The molecule has 0 aromatic rings. The molecule has 3 heteroatoms. The van der Waals surface area contributed by atoms with Gasteiger partial charge in [0.25, 0.3) is 0 Å². The highest BCUT2D eigenvalue weighted by Gasteiger charge is 2.59. The maximum absolute atomic E-state index is 6.53. The van der Waals surface area contributed by atoms with Gasteiger partial charge in [-0.05, 0) is 92.3 Å². The molecule has 0 saturated heterocycles. The van der Waals surface area contributed by atoms with Crippen molar-refractivity contribution in [3.05, 3.63) is 0 Å². The van der Waals surface area contributed by atoms with Gasteiger partial charge in [-0.2, -0.15) is 0 Å². The largest absolute Gasteiger partial charge is 0.399 e. The lowest BCUT2D eigenvalue weighted by molar-refractivity contribution is -0.0947. The minimum Gasteiger partial charge on any atom is -0.399 e. The van der Waals surface area contributed by atoms with Crippen LogP contribution in [0.4, 0.5) is 0 Å². The molecular formula is C22H40N2O. The first-order valence-corrected chi connectivity index (χ1v) is 10.8. The van der Waals surface area contributed by atoms with E-state index in [1.165, 1.54) is 57.1 Å². The molecule has 0 spiro atoms. The van der Waals surface area contributed by atoms with Crippen LogP contribution in [-0.2, 0) is 4.84 Å². The minimum atomic E-state index is 0.432. The second-order valence-electron chi connectivity index (χ2n) is 9.43. The monoisotopic (exact) mass is 348 g/mol. The highest BCUT2D eigenvalue weighted by molar-refractivity contribution is 5.85. The number of hydrogen-bond donors (Lipinski definition) is 1. The fourth-order valence-corrected chi connectivity index (χ4v) is 7.31. The van der Waals surface area contributed by atoms with Gasteiger partial charge in [0.05, 0.1) is 5.71 Å². The van der Waals surface area contributed by atoms with Crippen LogP contribution in [0.25, 0.3) is 0 Å². The third-order valence-electron chi connectivity index (χ3n) is 8.79. The second-order valence-corrected chi connectivity index (χ2v) is 9.43. The van der Waals surface area contributed by atoms with Crippen molar-refractivity contribution in [3.63, 3.8) is 0 Å². The first-order chi connectivity index (χ1) is 12.0. The standard InChI is InChI=1S/C20H34N2O.C2H6/c1-19-10-8-14(22-23-3)12-13(19)4-5-15-16-6-7-18(21)20(16,2)11-9-17(15)19;1-2/h13,15-18H,4-12,21H2,1-3H3;1-2H3/b22-14+;. The summed E-state index contributed by atoms with van der Waals surface area (Å²) in [6.07, 6.45) is 11.9. The van der Waals surface area contributed by atoms with E-state index in [2.05, 4.69) is 19.0 Å². The van der Waals surface area contributed by atoms with Gasteiger partial charge >= 0.3 is 0 Å². The second kappa shape index (κ2) is 7.21. The summed E-state index contributed by atoms with van der Waals surface area (Å²) >= 11 is 0. The Bertz CT molecular complexity index is 504. The lowest BCUT2D eigenvalue weighted by atomic mass is 9.45. The van der Waals surface area contributed by atoms with Gasteiger partial charge in [-0.15, -0.1) is 0 Å². The molecule has 144 valence electrons. The van der Waals surface area contributed by atoms with Crippen molar-refractivity contribution in [2.24, 2.45) is 45.4 Å². The zero-order chi connectivity index (χ0) is 18.2. The molecule has 0 aliphatic heterocycles. The SMILES string of the molecule is CC.CO/N=C1\CCC2(C)C(CCC3C4CCC(N)C4(C)CCC32)C1. The van der Waals surface area contributed by atoms with Crippen LogP contribution in [0.3, 0.4) is 0 Å². The Labute approximate surface area is 155 Å². The molecule has 4 aliphatic carbocycles. The quantitative estimate of drug-likeness (QED) is 0.646. The normalized spacial score (nSPS) is 50.2. The fourth-order valence-electron chi connectivity index (χ4n) is 7.31. The van der Waals surface area contributed by atoms with Gasteiger partial charge in [-0.3, -0.25) is 0 Å². The summed E-state index contributed by atoms with van der Waals surface area (Å²) < 4.78 is 0. The smallest absolute Gasteiger partial charge is 0.106 e. The number of fused-ring (bicyclic) bond motifs is 5. The average molecular weight is 349 g/mol. The van der Waals surface area contributed by atoms with Gasteiger partial charge in [0, 0.05) is 6.04 Å². The molecular weight excluding hydrogens is 308 g/mol. The van der Waals surface area contributed by atoms with E-state index in [-0.39, 0.29) is 0 Å². The maximum Gasteiger partial charge on any atom is 0.106 e. The highest BCUT2D eigenvalue weighted by Crippen LogP contribution is 2.65. The van der Waals surface area contributed by atoms with E-state index >= 15 is 0 Å². The van der Waals surface area contributed by atoms with Crippen molar-refractivity contribution in [1.82, 2.24) is 0 Å². The topological polar surface area (TPSA) is 47.6 Å². The third kappa shape index (κ3) is 2.95. The van der Waals surface area contributed by atoms with Crippen LogP contribution in [-0.4, -0.2) is 18.9 Å². The summed E-state index contributed by atoms with van der Waals surface area (Å²) in [5.41, 5.74) is 8.80. The zero-order valence-electron chi connectivity index (χ0n) is 17.2. The molecule has 25 heavy (non-hydrogen) atoms. The van der Waals surface area contributed by atoms with Crippen LogP contribution in [0, 0.1) is 34.5 Å². The third-order valence-corrected chi connectivity index (χ3v) is 8.79. The molecule has 4 saturated carbocycles. The Kier molecular flexibility index (Phi) is 5.54. The summed E-state index contributed by atoms with van der Waals surface area (Å²) in [4.78, 5) is 5.06. The molecule has 0 radical (unpaired) electrons. The summed E-state index contributed by atoms with van der Waals surface area (Å²) in [6, 6.07) is 0.450. The van der Waals surface area contributed by atoms with Crippen molar-refractivity contribution in [3.8, 4) is 0 Å². The highest BCUT2D eigenvalue weighted by atomic mass is 16.6. The summed E-state index contributed by atoms with van der Waals surface area (Å²) in [5.74, 6) is 3.58. The fraction of sp³-hybridized carbons (Fsp3) is 0.955. The molecule has 0 heterocycles. The molecule has 3 nitrogen and oxygen atoms in total. The van der Waals surface area contributed by atoms with E-state index in [0.29, 0.717) is 16.9 Å². The van der Waals surface area contributed by atoms with Crippen LogP contribution in [0.15, 0.2) is 5.16 Å². The van der Waals surface area contributed by atoms with Crippen LogP contribution >= 0.6 is 0 Å². The van der Waals surface area contributed by atoms with Gasteiger partial charge in [-0.25, -0.2) is 0 Å². The molecule has 4 aliphatic rings. The van der Waals surface area contributed by atoms with Crippen LogP contribution < -0.4 is 5.73 Å². The van der Waals surface area contributed by atoms with Crippen LogP contribution in [0.1, 0.15) is 85.5 Å². The Morgan fingerprint density at radius 2 is 1.68 bits per heavy atom. The lowest BCUT2D eigenvalue weighted by Gasteiger charge is -2.60. The van der Waals surface area contributed by atoms with Gasteiger partial charge < -0.3 is 10.6 Å². The zero-order valence-corrected chi connectivity index (χ0v) is 17.2. The molecule has 0 aromatic carbocycles. The summed E-state index contributed by atoms with van der Waals surface area (Å²) in [6.45, 7) is 9.11. The van der Waals surface area contributed by atoms with E-state index < -0.39 is 0 Å². The predicted molar refractivity (Wildman–Crippen MR) is 105 cm³/mol. The average Bonchev–Trinajstić information content (AvgIpc) is 2.92. The van der Waals surface area contributed by atoms with Crippen LogP contribution in [0.5, 0.6) is 0 Å². The predicted octanol–water partition coefficient (Wildman–Crippen LogP) is 5.39. The summed E-state index contributed by atoms with van der Waals surface area (Å²) in [5, 5.41) is 4.28. The Morgan fingerprint density at radius 3 is 2.40 bits per heavy atom. The van der Waals surface area contributed by atoms with E-state index in [4.69, 9.17) is 10.6 Å². The molecule has 0 aromatic heterocycles. The molecule has 7 unspecified atom stereocenters. The number of rotatable bonds is 1. The number of hydrogen-bond acceptors (Lipinski definition) is 3.